The summed E-state index contributed by atoms with van der Waals surface area (Å²) in [6.45, 7) is 2.93. The van der Waals surface area contributed by atoms with E-state index in [9.17, 15) is 9.59 Å². The molecule has 0 aromatic rings. The lowest BCUT2D eigenvalue weighted by molar-refractivity contribution is 0.224. The van der Waals surface area contributed by atoms with Crippen molar-refractivity contribution in [1.29, 1.82) is 0 Å². The van der Waals surface area contributed by atoms with E-state index in [0.29, 0.717) is 24.9 Å². The zero-order chi connectivity index (χ0) is 21.2. The summed E-state index contributed by atoms with van der Waals surface area (Å²) in [6, 6.07) is -0.511. The van der Waals surface area contributed by atoms with E-state index in [4.69, 9.17) is 11.5 Å². The third-order valence-corrected chi connectivity index (χ3v) is 5.92. The molecule has 2 atom stereocenters. The molecule has 1 fully saturated rings. The fourth-order valence-electron chi connectivity index (χ4n) is 4.20. The first-order valence-electron chi connectivity index (χ1n) is 11.9. The number of hydrogen-bond donors (Lipinski definition) is 5. The molecule has 0 aromatic heterocycles. The Morgan fingerprint density at radius 2 is 1.24 bits per heavy atom. The van der Waals surface area contributed by atoms with E-state index in [1.165, 1.54) is 51.4 Å². The van der Waals surface area contributed by atoms with E-state index in [1.807, 2.05) is 0 Å². The molecule has 1 aliphatic carbocycles. The minimum Gasteiger partial charge on any atom is -0.352 e. The zero-order valence-electron chi connectivity index (χ0n) is 18.4. The smallest absolute Gasteiger partial charge is 0.314 e. The second kappa shape index (κ2) is 17.4. The van der Waals surface area contributed by atoms with Gasteiger partial charge in [-0.2, -0.15) is 0 Å². The van der Waals surface area contributed by atoms with Gasteiger partial charge in [-0.1, -0.05) is 57.8 Å². The first-order valence-corrected chi connectivity index (χ1v) is 11.9. The summed E-state index contributed by atoms with van der Waals surface area (Å²) in [5, 5.41) is 8.68. The fourth-order valence-corrected chi connectivity index (χ4v) is 4.20. The Kier molecular flexibility index (Phi) is 15.3. The molecule has 1 saturated carbocycles. The average Bonchev–Trinajstić information content (AvgIpc) is 2.72. The maximum absolute atomic E-state index is 12.0. The van der Waals surface area contributed by atoms with Crippen molar-refractivity contribution in [3.63, 3.8) is 0 Å². The van der Waals surface area contributed by atoms with Crippen molar-refractivity contribution < 1.29 is 9.59 Å². The third-order valence-electron chi connectivity index (χ3n) is 5.92. The van der Waals surface area contributed by atoms with Gasteiger partial charge in [-0.15, -0.1) is 0 Å². The molecule has 7 nitrogen and oxygen atoms in total. The lowest BCUT2D eigenvalue weighted by atomic mass is 9.81. The van der Waals surface area contributed by atoms with Gasteiger partial charge in [-0.25, -0.2) is 9.59 Å². The zero-order valence-corrected chi connectivity index (χ0v) is 18.4. The Morgan fingerprint density at radius 1 is 0.724 bits per heavy atom. The molecule has 4 amide bonds. The number of nitrogens with one attached hydrogen (secondary N) is 3. The number of nitrogens with two attached hydrogens (primary N) is 2. The van der Waals surface area contributed by atoms with Gasteiger partial charge in [-0.3, -0.25) is 0 Å². The number of carbonyl (C=O) groups excluding carboxylic acids is 2. The van der Waals surface area contributed by atoms with E-state index < -0.39 is 6.03 Å². The number of hydrogen-bond acceptors (Lipinski definition) is 3. The van der Waals surface area contributed by atoms with Crippen molar-refractivity contribution in [3.05, 3.63) is 0 Å². The van der Waals surface area contributed by atoms with Gasteiger partial charge in [0, 0.05) is 19.6 Å². The summed E-state index contributed by atoms with van der Waals surface area (Å²) >= 11 is 0. The van der Waals surface area contributed by atoms with Crippen molar-refractivity contribution in [2.45, 2.75) is 89.9 Å². The van der Waals surface area contributed by atoms with Gasteiger partial charge < -0.3 is 27.4 Å². The lowest BCUT2D eigenvalue weighted by Gasteiger charge is -2.29. The first kappa shape index (κ1) is 25.5. The van der Waals surface area contributed by atoms with Crippen LogP contribution in [0.4, 0.5) is 9.59 Å². The number of primary amides is 1. The summed E-state index contributed by atoms with van der Waals surface area (Å²) in [5.41, 5.74) is 10.6. The number of unbranched alkanes of at least 4 members (excludes halogenated alkanes) is 9. The normalized spacial score (nSPS) is 18.9. The Morgan fingerprint density at radius 3 is 1.79 bits per heavy atom. The van der Waals surface area contributed by atoms with Crippen LogP contribution >= 0.6 is 0 Å². The second-order valence-corrected chi connectivity index (χ2v) is 8.60. The highest BCUT2D eigenvalue weighted by atomic mass is 16.2. The van der Waals surface area contributed by atoms with E-state index >= 15 is 0 Å². The molecule has 7 heteroatoms. The highest BCUT2D eigenvalue weighted by Gasteiger charge is 2.22. The Balaban J connectivity index is 1.91. The molecule has 0 radical (unpaired) electrons. The molecule has 0 saturated heterocycles. The largest absolute Gasteiger partial charge is 0.352 e. The van der Waals surface area contributed by atoms with Crippen molar-refractivity contribution in [1.82, 2.24) is 16.0 Å². The Bertz CT molecular complexity index is 433. The maximum Gasteiger partial charge on any atom is 0.314 e. The molecule has 0 heterocycles. The van der Waals surface area contributed by atoms with Crippen LogP contribution < -0.4 is 27.4 Å². The predicted molar refractivity (Wildman–Crippen MR) is 120 cm³/mol. The molecule has 170 valence electrons. The van der Waals surface area contributed by atoms with Crippen molar-refractivity contribution >= 4 is 12.1 Å². The summed E-state index contributed by atoms with van der Waals surface area (Å²) in [6.07, 6.45) is 17.0. The van der Waals surface area contributed by atoms with Crippen LogP contribution in [0.25, 0.3) is 0 Å². The quantitative estimate of drug-likeness (QED) is 0.249. The van der Waals surface area contributed by atoms with Crippen LogP contribution in [-0.2, 0) is 0 Å². The molecule has 7 N–H and O–H groups in total. The van der Waals surface area contributed by atoms with E-state index in [0.717, 1.165) is 51.6 Å². The number of urea groups is 2. The minimum atomic E-state index is -0.456. The van der Waals surface area contributed by atoms with Crippen molar-refractivity contribution in [2.75, 3.05) is 26.2 Å². The van der Waals surface area contributed by atoms with E-state index in [1.54, 1.807) is 0 Å². The molecule has 1 aliphatic rings. The minimum absolute atomic E-state index is 0.0557. The molecule has 1 rings (SSSR count). The highest BCUT2D eigenvalue weighted by molar-refractivity contribution is 5.73. The van der Waals surface area contributed by atoms with Gasteiger partial charge >= 0.3 is 12.1 Å². The van der Waals surface area contributed by atoms with Crippen molar-refractivity contribution in [2.24, 2.45) is 23.3 Å². The number of amides is 4. The summed E-state index contributed by atoms with van der Waals surface area (Å²) in [4.78, 5) is 22.8. The van der Waals surface area contributed by atoms with Crippen LogP contribution in [0, 0.1) is 11.8 Å². The predicted octanol–water partition coefficient (Wildman–Crippen LogP) is 3.62. The second-order valence-electron chi connectivity index (χ2n) is 8.60. The van der Waals surface area contributed by atoms with Crippen LogP contribution in [0.3, 0.4) is 0 Å². The average molecular weight is 412 g/mol. The molecular formula is C22H45N5O2. The fraction of sp³-hybridized carbons (Fsp3) is 0.909. The molecule has 0 spiro atoms. The third kappa shape index (κ3) is 15.1. The van der Waals surface area contributed by atoms with E-state index in [2.05, 4.69) is 16.0 Å². The SMILES string of the molecule is NCCCCCCCCCCCCNC(=O)NCC1CCCC(CNC(N)=O)C1. The summed E-state index contributed by atoms with van der Waals surface area (Å²) in [7, 11) is 0. The maximum atomic E-state index is 12.0. The lowest BCUT2D eigenvalue weighted by Crippen LogP contribution is -2.40. The van der Waals surface area contributed by atoms with Crippen LogP contribution in [0.15, 0.2) is 0 Å². The van der Waals surface area contributed by atoms with Crippen LogP contribution in [-0.4, -0.2) is 38.2 Å². The molecule has 0 bridgehead atoms. The van der Waals surface area contributed by atoms with Gasteiger partial charge in [0.1, 0.15) is 0 Å². The van der Waals surface area contributed by atoms with Gasteiger partial charge in [-0.05, 0) is 50.5 Å². The van der Waals surface area contributed by atoms with E-state index in [-0.39, 0.29) is 6.03 Å². The standard InChI is InChI=1S/C22H45N5O2/c23-14-9-7-5-3-1-2-4-6-8-10-15-25-22(29)27-18-20-13-11-12-19(16-20)17-26-21(24)28/h19-20H,1-18,23H2,(H3,24,26,28)(H2,25,27,29). The topological polar surface area (TPSA) is 122 Å². The van der Waals surface area contributed by atoms with Crippen LogP contribution in [0.5, 0.6) is 0 Å². The van der Waals surface area contributed by atoms with Crippen LogP contribution in [0.1, 0.15) is 89.9 Å². The molecule has 0 aromatic carbocycles. The monoisotopic (exact) mass is 411 g/mol. The first-order chi connectivity index (χ1) is 14.1. The molecule has 2 unspecified atom stereocenters. The molecule has 0 aliphatic heterocycles. The van der Waals surface area contributed by atoms with Gasteiger partial charge in [0.25, 0.3) is 0 Å². The summed E-state index contributed by atoms with van der Waals surface area (Å²) < 4.78 is 0. The summed E-state index contributed by atoms with van der Waals surface area (Å²) in [5.74, 6) is 0.960. The number of rotatable bonds is 16. The van der Waals surface area contributed by atoms with Crippen LogP contribution in [0.2, 0.25) is 0 Å². The van der Waals surface area contributed by atoms with Gasteiger partial charge in [0.15, 0.2) is 0 Å². The Labute approximate surface area is 177 Å². The highest BCUT2D eigenvalue weighted by Crippen LogP contribution is 2.28. The molecular weight excluding hydrogens is 366 g/mol. The van der Waals surface area contributed by atoms with Crippen molar-refractivity contribution in [3.8, 4) is 0 Å². The Hall–Kier alpha value is -1.50. The number of carbonyl (C=O) groups is 2. The molecule has 29 heavy (non-hydrogen) atoms. The van der Waals surface area contributed by atoms with Gasteiger partial charge in [0.2, 0.25) is 0 Å². The van der Waals surface area contributed by atoms with Gasteiger partial charge in [0.05, 0.1) is 0 Å².